The van der Waals surface area contributed by atoms with Crippen LogP contribution in [0.5, 0.6) is 11.5 Å². The number of aromatic nitrogens is 2. The molecule has 0 bridgehead atoms. The molecule has 7 nitrogen and oxygen atoms in total. The largest absolute Gasteiger partial charge is 0.493 e. The molecule has 0 N–H and O–H groups in total. The highest BCUT2D eigenvalue weighted by atomic mass is 16.5. The van der Waals surface area contributed by atoms with E-state index in [1.165, 1.54) is 0 Å². The summed E-state index contributed by atoms with van der Waals surface area (Å²) in [6.07, 6.45) is 3.32. The van der Waals surface area contributed by atoms with Gasteiger partial charge in [0.25, 0.3) is 0 Å². The van der Waals surface area contributed by atoms with Crippen LogP contribution < -0.4 is 9.47 Å². The number of nitrogens with zero attached hydrogens (tertiary/aromatic N) is 3. The highest BCUT2D eigenvalue weighted by Gasteiger charge is 2.34. The summed E-state index contributed by atoms with van der Waals surface area (Å²) in [5, 5.41) is 4.04. The highest BCUT2D eigenvalue weighted by Crippen LogP contribution is 2.29. The van der Waals surface area contributed by atoms with E-state index in [0.717, 1.165) is 11.1 Å². The van der Waals surface area contributed by atoms with E-state index in [9.17, 15) is 4.79 Å². The van der Waals surface area contributed by atoms with Crippen LogP contribution in [0.15, 0.2) is 59.1 Å². The molecule has 0 aliphatic carbocycles. The average Bonchev–Trinajstić information content (AvgIpc) is 3.21. The van der Waals surface area contributed by atoms with E-state index in [-0.39, 0.29) is 11.8 Å². The van der Waals surface area contributed by atoms with Crippen molar-refractivity contribution in [1.29, 1.82) is 0 Å². The average molecular weight is 391 g/mol. The smallest absolute Gasteiger partial charge is 0.246 e. The fourth-order valence-corrected chi connectivity index (χ4v) is 3.15. The van der Waals surface area contributed by atoms with E-state index in [0.29, 0.717) is 36.3 Å². The van der Waals surface area contributed by atoms with Crippen LogP contribution in [-0.4, -0.2) is 48.3 Å². The van der Waals surface area contributed by atoms with Crippen LogP contribution >= 0.6 is 0 Å². The molecule has 1 saturated heterocycles. The van der Waals surface area contributed by atoms with Gasteiger partial charge in [0.05, 0.1) is 20.1 Å². The molecule has 1 aliphatic rings. The Morgan fingerprint density at radius 1 is 1.10 bits per heavy atom. The lowest BCUT2D eigenvalue weighted by Gasteiger charge is -2.36. The lowest BCUT2D eigenvalue weighted by Crippen LogP contribution is -2.47. The molecule has 1 amide bonds. The van der Waals surface area contributed by atoms with Crippen molar-refractivity contribution in [2.45, 2.75) is 5.92 Å². The topological polar surface area (TPSA) is 77.7 Å². The number of carbonyl (C=O) groups excluding carboxylic acids is 1. The predicted molar refractivity (Wildman–Crippen MR) is 108 cm³/mol. The highest BCUT2D eigenvalue weighted by molar-refractivity contribution is 5.92. The maximum atomic E-state index is 12.4. The number of methoxy groups -OCH3 is 2. The van der Waals surface area contributed by atoms with Crippen molar-refractivity contribution in [2.75, 3.05) is 27.3 Å². The quantitative estimate of drug-likeness (QED) is 0.600. The minimum Gasteiger partial charge on any atom is -0.493 e. The second-order valence-corrected chi connectivity index (χ2v) is 6.71. The zero-order valence-corrected chi connectivity index (χ0v) is 16.2. The van der Waals surface area contributed by atoms with Crippen LogP contribution in [0.2, 0.25) is 0 Å². The van der Waals surface area contributed by atoms with Gasteiger partial charge in [0.15, 0.2) is 11.5 Å². The number of benzene rings is 2. The number of amides is 1. The minimum atomic E-state index is -0.0566. The van der Waals surface area contributed by atoms with Gasteiger partial charge in [0, 0.05) is 24.7 Å². The lowest BCUT2D eigenvalue weighted by atomic mass is 10.00. The Bertz CT molecular complexity index is 1020. The summed E-state index contributed by atoms with van der Waals surface area (Å²) in [4.78, 5) is 18.6. The molecule has 0 spiro atoms. The van der Waals surface area contributed by atoms with Crippen LogP contribution in [0.4, 0.5) is 0 Å². The molecule has 3 aromatic rings. The molecular weight excluding hydrogens is 370 g/mol. The third-order valence-electron chi connectivity index (χ3n) is 4.84. The van der Waals surface area contributed by atoms with E-state index >= 15 is 0 Å². The first kappa shape index (κ1) is 18.7. The molecule has 1 fully saturated rings. The van der Waals surface area contributed by atoms with E-state index in [1.54, 1.807) is 31.3 Å². The van der Waals surface area contributed by atoms with Crippen molar-refractivity contribution in [2.24, 2.45) is 0 Å². The van der Waals surface area contributed by atoms with Gasteiger partial charge in [-0.25, -0.2) is 0 Å². The number of carbonyl (C=O) groups is 1. The summed E-state index contributed by atoms with van der Waals surface area (Å²) in [5.41, 5.74) is 1.77. The van der Waals surface area contributed by atoms with Crippen molar-refractivity contribution >= 4 is 12.0 Å². The summed E-state index contributed by atoms with van der Waals surface area (Å²) < 4.78 is 15.9. The van der Waals surface area contributed by atoms with Crippen LogP contribution in [0, 0.1) is 0 Å². The van der Waals surface area contributed by atoms with Gasteiger partial charge in [-0.05, 0) is 23.8 Å². The summed E-state index contributed by atoms with van der Waals surface area (Å²) in [7, 11) is 3.17. The maximum absolute atomic E-state index is 12.4. The van der Waals surface area contributed by atoms with Gasteiger partial charge in [-0.3, -0.25) is 4.79 Å². The summed E-state index contributed by atoms with van der Waals surface area (Å²) >= 11 is 0. The number of hydrogen-bond donors (Lipinski definition) is 0. The Labute approximate surface area is 168 Å². The molecule has 0 unspecified atom stereocenters. The van der Waals surface area contributed by atoms with E-state index in [4.69, 9.17) is 14.0 Å². The van der Waals surface area contributed by atoms with E-state index in [2.05, 4.69) is 10.1 Å². The van der Waals surface area contributed by atoms with Crippen molar-refractivity contribution < 1.29 is 18.8 Å². The third kappa shape index (κ3) is 3.99. The Morgan fingerprint density at radius 3 is 2.59 bits per heavy atom. The molecular formula is C22H21N3O4. The number of rotatable bonds is 6. The van der Waals surface area contributed by atoms with Crippen LogP contribution in [0.3, 0.4) is 0 Å². The molecule has 1 aliphatic heterocycles. The molecule has 0 saturated carbocycles. The molecule has 1 aromatic heterocycles. The van der Waals surface area contributed by atoms with Gasteiger partial charge >= 0.3 is 0 Å². The van der Waals surface area contributed by atoms with Crippen LogP contribution in [0.1, 0.15) is 17.4 Å². The SMILES string of the molecule is COc1ccc(/C=C/C(=O)N2CC(c3nc(-c4ccccc4)no3)C2)cc1OC. The molecule has 0 atom stereocenters. The first-order chi connectivity index (χ1) is 14.2. The first-order valence-corrected chi connectivity index (χ1v) is 9.26. The fraction of sp³-hybridized carbons (Fsp3) is 0.227. The second-order valence-electron chi connectivity index (χ2n) is 6.71. The fourth-order valence-electron chi connectivity index (χ4n) is 3.15. The molecule has 148 valence electrons. The normalized spacial score (nSPS) is 14.1. The first-order valence-electron chi connectivity index (χ1n) is 9.26. The van der Waals surface area contributed by atoms with Gasteiger partial charge < -0.3 is 18.9 Å². The lowest BCUT2D eigenvalue weighted by molar-refractivity contribution is -0.130. The molecule has 0 radical (unpaired) electrons. The zero-order chi connectivity index (χ0) is 20.2. The molecule has 2 heterocycles. The van der Waals surface area contributed by atoms with E-state index in [1.807, 2.05) is 48.5 Å². The van der Waals surface area contributed by atoms with Crippen LogP contribution in [0.25, 0.3) is 17.5 Å². The Balaban J connectivity index is 1.35. The number of ether oxygens (including phenoxy) is 2. The van der Waals surface area contributed by atoms with Gasteiger partial charge in [-0.1, -0.05) is 41.6 Å². The van der Waals surface area contributed by atoms with Crippen LogP contribution in [-0.2, 0) is 4.79 Å². The van der Waals surface area contributed by atoms with Gasteiger partial charge in [0.1, 0.15) is 0 Å². The van der Waals surface area contributed by atoms with Gasteiger partial charge in [0.2, 0.25) is 17.6 Å². The zero-order valence-electron chi connectivity index (χ0n) is 16.2. The van der Waals surface area contributed by atoms with Crippen molar-refractivity contribution in [1.82, 2.24) is 15.0 Å². The molecule has 7 heteroatoms. The van der Waals surface area contributed by atoms with Crippen molar-refractivity contribution in [3.63, 3.8) is 0 Å². The summed E-state index contributed by atoms with van der Waals surface area (Å²) in [5.74, 6) is 2.42. The monoisotopic (exact) mass is 391 g/mol. The summed E-state index contributed by atoms with van der Waals surface area (Å²) in [6.45, 7) is 1.12. The molecule has 2 aromatic carbocycles. The second kappa shape index (κ2) is 8.18. The van der Waals surface area contributed by atoms with Gasteiger partial charge in [-0.2, -0.15) is 4.98 Å². The predicted octanol–water partition coefficient (Wildman–Crippen LogP) is 3.39. The Kier molecular flexibility index (Phi) is 5.29. The summed E-state index contributed by atoms with van der Waals surface area (Å²) in [6, 6.07) is 15.2. The third-order valence-corrected chi connectivity index (χ3v) is 4.84. The Morgan fingerprint density at radius 2 is 1.86 bits per heavy atom. The molecule has 4 rings (SSSR count). The standard InChI is InChI=1S/C22H21N3O4/c1-27-18-10-8-15(12-19(18)28-2)9-11-20(26)25-13-17(14-25)22-23-21(24-29-22)16-6-4-3-5-7-16/h3-12,17H,13-14H2,1-2H3/b11-9+. The van der Waals surface area contributed by atoms with E-state index < -0.39 is 0 Å². The van der Waals surface area contributed by atoms with Crippen molar-refractivity contribution in [3.8, 4) is 22.9 Å². The Hall–Kier alpha value is -3.61. The van der Waals surface area contributed by atoms with Crippen molar-refractivity contribution in [3.05, 3.63) is 66.1 Å². The number of likely N-dealkylation sites (tertiary alicyclic amines) is 1. The maximum Gasteiger partial charge on any atom is 0.246 e. The number of hydrogen-bond acceptors (Lipinski definition) is 6. The minimum absolute atomic E-state index is 0.0566. The molecule has 29 heavy (non-hydrogen) atoms. The van der Waals surface area contributed by atoms with Gasteiger partial charge in [-0.15, -0.1) is 0 Å².